The monoisotopic (exact) mass is 484 g/mol. The second-order valence-corrected chi connectivity index (χ2v) is 8.40. The summed E-state index contributed by atoms with van der Waals surface area (Å²) in [5.74, 6) is -1.18. The van der Waals surface area contributed by atoms with E-state index in [-0.39, 0.29) is 17.5 Å². The van der Waals surface area contributed by atoms with Crippen LogP contribution in [0.4, 0.5) is 14.5 Å². The number of hydrogen-bond acceptors (Lipinski definition) is 4. The van der Waals surface area contributed by atoms with Crippen LogP contribution in [0.1, 0.15) is 28.5 Å². The first-order chi connectivity index (χ1) is 16.2. The molecule has 0 aliphatic carbocycles. The lowest BCUT2D eigenvalue weighted by molar-refractivity contribution is -0.126. The minimum absolute atomic E-state index is 0.183. The van der Waals surface area contributed by atoms with Gasteiger partial charge in [-0.3, -0.25) is 9.59 Å². The van der Waals surface area contributed by atoms with Gasteiger partial charge < -0.3 is 9.80 Å². The predicted molar refractivity (Wildman–Crippen MR) is 128 cm³/mol. The van der Waals surface area contributed by atoms with Crippen LogP contribution < -0.4 is 4.90 Å². The van der Waals surface area contributed by atoms with Crippen LogP contribution in [0.25, 0.3) is 11.8 Å². The lowest BCUT2D eigenvalue weighted by Crippen LogP contribution is -2.48. The van der Waals surface area contributed by atoms with Crippen LogP contribution in [-0.4, -0.2) is 52.5 Å². The van der Waals surface area contributed by atoms with Crippen LogP contribution in [0.15, 0.2) is 48.5 Å². The van der Waals surface area contributed by atoms with Crippen LogP contribution in [0.2, 0.25) is 5.15 Å². The van der Waals surface area contributed by atoms with Gasteiger partial charge in [-0.2, -0.15) is 5.10 Å². The number of rotatable bonds is 5. The zero-order chi connectivity index (χ0) is 24.4. The molecule has 4 rings (SSSR count). The number of ketones is 1. The quantitative estimate of drug-likeness (QED) is 0.390. The Balaban J connectivity index is 1.41. The summed E-state index contributed by atoms with van der Waals surface area (Å²) in [6, 6.07) is 10.3. The van der Waals surface area contributed by atoms with E-state index < -0.39 is 5.82 Å². The molecule has 0 spiro atoms. The lowest BCUT2D eigenvalue weighted by atomic mass is 10.1. The first kappa shape index (κ1) is 23.6. The number of piperazine rings is 1. The number of nitrogens with zero attached hydrogens (tertiary/aromatic N) is 4. The van der Waals surface area contributed by atoms with Crippen molar-refractivity contribution in [2.75, 3.05) is 31.1 Å². The van der Waals surface area contributed by atoms with Crippen molar-refractivity contribution in [3.8, 4) is 5.69 Å². The molecule has 0 saturated carbocycles. The van der Waals surface area contributed by atoms with Crippen LogP contribution in [0, 0.1) is 18.6 Å². The van der Waals surface area contributed by atoms with Crippen LogP contribution in [0.3, 0.4) is 0 Å². The highest BCUT2D eigenvalue weighted by atomic mass is 35.5. The topological polar surface area (TPSA) is 58.4 Å². The Kier molecular flexibility index (Phi) is 6.79. The Labute approximate surface area is 201 Å². The Hall–Kier alpha value is -3.52. The Morgan fingerprint density at radius 2 is 1.71 bits per heavy atom. The molecule has 1 amide bonds. The van der Waals surface area contributed by atoms with Crippen molar-refractivity contribution in [1.82, 2.24) is 14.7 Å². The van der Waals surface area contributed by atoms with E-state index in [1.165, 1.54) is 35.9 Å². The number of Topliss-reactive ketones (excluding diaryl/α,β-unsaturated/α-hetero) is 1. The van der Waals surface area contributed by atoms with E-state index in [2.05, 4.69) is 5.10 Å². The van der Waals surface area contributed by atoms with Gasteiger partial charge in [0, 0.05) is 43.4 Å². The summed E-state index contributed by atoms with van der Waals surface area (Å²) in [5.41, 5.74) is 2.60. The second kappa shape index (κ2) is 9.77. The van der Waals surface area contributed by atoms with Gasteiger partial charge in [-0.15, -0.1) is 0 Å². The number of benzene rings is 2. The van der Waals surface area contributed by atoms with Gasteiger partial charge in [0.25, 0.3) is 0 Å². The standard InChI is InChI=1S/C25H23ClF2N4O2/c1-16-21(25(26)32(29-16)20-6-4-19(27)5-7-20)8-10-24(34)31-13-11-30(12-14-31)23-9-3-18(17(2)33)15-22(23)28/h3-10,15H,11-14H2,1-2H3/b10-8+. The fourth-order valence-electron chi connectivity index (χ4n) is 3.86. The molecule has 1 aliphatic rings. The summed E-state index contributed by atoms with van der Waals surface area (Å²) >= 11 is 6.47. The van der Waals surface area contributed by atoms with E-state index in [4.69, 9.17) is 11.6 Å². The molecule has 2 heterocycles. The summed E-state index contributed by atoms with van der Waals surface area (Å²) in [4.78, 5) is 27.7. The smallest absolute Gasteiger partial charge is 0.246 e. The maximum absolute atomic E-state index is 14.5. The normalized spacial score (nSPS) is 14.1. The summed E-state index contributed by atoms with van der Waals surface area (Å²) in [5, 5.41) is 4.71. The molecule has 0 atom stereocenters. The van der Waals surface area contributed by atoms with Crippen LogP contribution in [-0.2, 0) is 4.79 Å². The fourth-order valence-corrected chi connectivity index (χ4v) is 4.20. The van der Waals surface area contributed by atoms with E-state index in [1.54, 1.807) is 42.2 Å². The summed E-state index contributed by atoms with van der Waals surface area (Å²) in [6.45, 7) is 4.98. The van der Waals surface area contributed by atoms with Crippen molar-refractivity contribution >= 4 is 35.1 Å². The first-order valence-electron chi connectivity index (χ1n) is 10.8. The number of halogens is 3. The predicted octanol–water partition coefficient (Wildman–Crippen LogP) is 4.68. The van der Waals surface area contributed by atoms with Gasteiger partial charge in [0.1, 0.15) is 16.8 Å². The van der Waals surface area contributed by atoms with Gasteiger partial charge in [-0.1, -0.05) is 11.6 Å². The summed E-state index contributed by atoms with van der Waals surface area (Å²) in [7, 11) is 0. The molecule has 1 aliphatic heterocycles. The highest BCUT2D eigenvalue weighted by Gasteiger charge is 2.22. The van der Waals surface area contributed by atoms with E-state index in [9.17, 15) is 18.4 Å². The SMILES string of the molecule is CC(=O)c1ccc(N2CCN(C(=O)/C=C/c3c(C)nn(-c4ccc(F)cc4)c3Cl)CC2)c(F)c1. The third-order valence-electron chi connectivity index (χ3n) is 5.80. The molecular weight excluding hydrogens is 462 g/mol. The molecule has 9 heteroatoms. The molecule has 176 valence electrons. The van der Waals surface area contributed by atoms with Gasteiger partial charge in [0.05, 0.1) is 17.1 Å². The number of anilines is 1. The minimum Gasteiger partial charge on any atom is -0.366 e. The molecule has 0 N–H and O–H groups in total. The average molecular weight is 485 g/mol. The van der Waals surface area contributed by atoms with E-state index in [0.29, 0.717) is 59.5 Å². The fraction of sp³-hybridized carbons (Fsp3) is 0.240. The summed E-state index contributed by atoms with van der Waals surface area (Å²) < 4.78 is 29.2. The van der Waals surface area contributed by atoms with Crippen molar-refractivity contribution in [3.05, 3.63) is 82.1 Å². The van der Waals surface area contributed by atoms with Gasteiger partial charge >= 0.3 is 0 Å². The molecule has 1 aromatic heterocycles. The number of hydrogen-bond donors (Lipinski definition) is 0. The number of aryl methyl sites for hydroxylation is 1. The van der Waals surface area contributed by atoms with Crippen molar-refractivity contribution in [1.29, 1.82) is 0 Å². The molecule has 6 nitrogen and oxygen atoms in total. The number of aromatic nitrogens is 2. The van der Waals surface area contributed by atoms with E-state index in [1.807, 2.05) is 4.90 Å². The van der Waals surface area contributed by atoms with Crippen molar-refractivity contribution in [2.45, 2.75) is 13.8 Å². The zero-order valence-electron chi connectivity index (χ0n) is 18.8. The second-order valence-electron chi connectivity index (χ2n) is 8.05. The van der Waals surface area contributed by atoms with Crippen molar-refractivity contribution in [3.63, 3.8) is 0 Å². The first-order valence-corrected chi connectivity index (χ1v) is 11.2. The van der Waals surface area contributed by atoms with Crippen molar-refractivity contribution < 1.29 is 18.4 Å². The molecule has 34 heavy (non-hydrogen) atoms. The molecule has 0 bridgehead atoms. The van der Waals surface area contributed by atoms with Gasteiger partial charge in [0.15, 0.2) is 5.78 Å². The molecule has 3 aromatic rings. The largest absolute Gasteiger partial charge is 0.366 e. The van der Waals surface area contributed by atoms with E-state index in [0.717, 1.165) is 0 Å². The van der Waals surface area contributed by atoms with E-state index >= 15 is 0 Å². The number of carbonyl (C=O) groups excluding carboxylic acids is 2. The highest BCUT2D eigenvalue weighted by molar-refractivity contribution is 6.31. The lowest BCUT2D eigenvalue weighted by Gasteiger charge is -2.35. The van der Waals surface area contributed by atoms with Crippen LogP contribution >= 0.6 is 11.6 Å². The van der Waals surface area contributed by atoms with Gasteiger partial charge in [-0.25, -0.2) is 13.5 Å². The van der Waals surface area contributed by atoms with Gasteiger partial charge in [-0.05, 0) is 62.4 Å². The van der Waals surface area contributed by atoms with Crippen LogP contribution in [0.5, 0.6) is 0 Å². The Morgan fingerprint density at radius 3 is 2.32 bits per heavy atom. The number of carbonyl (C=O) groups is 2. The maximum Gasteiger partial charge on any atom is 0.246 e. The molecular formula is C25H23ClF2N4O2. The average Bonchev–Trinajstić information content (AvgIpc) is 3.11. The minimum atomic E-state index is -0.448. The number of amides is 1. The summed E-state index contributed by atoms with van der Waals surface area (Å²) in [6.07, 6.45) is 3.07. The highest BCUT2D eigenvalue weighted by Crippen LogP contribution is 2.26. The Bertz CT molecular complexity index is 1260. The third kappa shape index (κ3) is 4.87. The molecule has 1 saturated heterocycles. The van der Waals surface area contributed by atoms with Crippen molar-refractivity contribution in [2.24, 2.45) is 0 Å². The van der Waals surface area contributed by atoms with Gasteiger partial charge in [0.2, 0.25) is 5.91 Å². The molecule has 2 aromatic carbocycles. The Morgan fingerprint density at radius 1 is 1.03 bits per heavy atom. The molecule has 0 radical (unpaired) electrons. The maximum atomic E-state index is 14.5. The molecule has 0 unspecified atom stereocenters. The third-order valence-corrected chi connectivity index (χ3v) is 6.16. The zero-order valence-corrected chi connectivity index (χ0v) is 19.5. The molecule has 1 fully saturated rings.